The van der Waals surface area contributed by atoms with E-state index < -0.39 is 6.04 Å². The summed E-state index contributed by atoms with van der Waals surface area (Å²) in [6.07, 6.45) is 4.61. The number of ether oxygens (including phenoxy) is 1. The Bertz CT molecular complexity index is 196. The molecule has 0 aliphatic carbocycles. The van der Waals surface area contributed by atoms with E-state index >= 15 is 0 Å². The Kier molecular flexibility index (Phi) is 9.70. The molecular weight excluding hydrogens is 210 g/mol. The van der Waals surface area contributed by atoms with Crippen LogP contribution in [-0.2, 0) is 14.3 Å². The monoisotopic (exact) mass is 231 g/mol. The van der Waals surface area contributed by atoms with Crippen molar-refractivity contribution in [1.29, 1.82) is 0 Å². The van der Waals surface area contributed by atoms with Gasteiger partial charge >= 0.3 is 0 Å². The number of carbonyl (C=O) groups excluding carboxylic acids is 2. The molecule has 1 amide bonds. The van der Waals surface area contributed by atoms with Gasteiger partial charge in [0.25, 0.3) is 6.47 Å². The number of hydrogen-bond donors (Lipinski definition) is 2. The number of hydrogen-bond acceptors (Lipinski definition) is 4. The Morgan fingerprint density at radius 1 is 1.44 bits per heavy atom. The zero-order valence-corrected chi connectivity index (χ0v) is 9.78. The van der Waals surface area contributed by atoms with Gasteiger partial charge in [-0.3, -0.25) is 9.59 Å². The Hall–Kier alpha value is -1.10. The molecule has 0 bridgehead atoms. The molecule has 0 aliphatic heterocycles. The maximum absolute atomic E-state index is 11.4. The van der Waals surface area contributed by atoms with Crippen LogP contribution in [0.25, 0.3) is 0 Å². The average Bonchev–Trinajstić information content (AvgIpc) is 2.30. The molecule has 0 heterocycles. The fourth-order valence-corrected chi connectivity index (χ4v) is 1.31. The predicted octanol–water partition coefficient (Wildman–Crippen LogP) is 0.607. The van der Waals surface area contributed by atoms with Gasteiger partial charge in [-0.15, -0.1) is 0 Å². The summed E-state index contributed by atoms with van der Waals surface area (Å²) in [5.74, 6) is -0.107. The van der Waals surface area contributed by atoms with E-state index in [1.165, 1.54) is 0 Å². The molecule has 0 saturated heterocycles. The van der Waals surface area contributed by atoms with Gasteiger partial charge in [-0.05, 0) is 6.42 Å². The first-order chi connectivity index (χ1) is 7.74. The van der Waals surface area contributed by atoms with Gasteiger partial charge in [0, 0.05) is 6.42 Å². The molecule has 1 unspecified atom stereocenters. The summed E-state index contributed by atoms with van der Waals surface area (Å²) >= 11 is 0. The van der Waals surface area contributed by atoms with Crippen molar-refractivity contribution in [3.8, 4) is 0 Å². The Morgan fingerprint density at radius 3 is 2.75 bits per heavy atom. The number of nitrogens with one attached hydrogen (secondary N) is 1. The fraction of sp³-hybridized carbons (Fsp3) is 0.818. The zero-order chi connectivity index (χ0) is 12.2. The second kappa shape index (κ2) is 10.4. The lowest BCUT2D eigenvalue weighted by Crippen LogP contribution is -2.40. The maximum atomic E-state index is 11.4. The molecule has 5 nitrogen and oxygen atoms in total. The quantitative estimate of drug-likeness (QED) is 0.426. The third-order valence-corrected chi connectivity index (χ3v) is 2.21. The summed E-state index contributed by atoms with van der Waals surface area (Å²) in [6, 6.07) is -0.496. The van der Waals surface area contributed by atoms with Gasteiger partial charge in [-0.25, -0.2) is 0 Å². The highest BCUT2D eigenvalue weighted by Crippen LogP contribution is 2.02. The van der Waals surface area contributed by atoms with Crippen LogP contribution in [0.15, 0.2) is 0 Å². The van der Waals surface area contributed by atoms with Crippen molar-refractivity contribution in [2.75, 3.05) is 13.2 Å². The number of rotatable bonds is 10. The Labute approximate surface area is 96.2 Å². The van der Waals surface area contributed by atoms with Gasteiger partial charge in [0.2, 0.25) is 5.91 Å². The predicted molar refractivity (Wildman–Crippen MR) is 59.8 cm³/mol. The second-order valence-corrected chi connectivity index (χ2v) is 3.69. The number of aliphatic hydroxyl groups excluding tert-OH is 1. The van der Waals surface area contributed by atoms with E-state index in [1.807, 2.05) is 0 Å². The van der Waals surface area contributed by atoms with Crippen LogP contribution < -0.4 is 5.32 Å². The average molecular weight is 231 g/mol. The normalized spacial score (nSPS) is 11.9. The molecule has 5 heteroatoms. The summed E-state index contributed by atoms with van der Waals surface area (Å²) in [5, 5.41) is 11.5. The molecule has 94 valence electrons. The smallest absolute Gasteiger partial charge is 0.293 e. The van der Waals surface area contributed by atoms with Crippen LogP contribution in [0.3, 0.4) is 0 Å². The van der Waals surface area contributed by atoms with Crippen LogP contribution in [0.1, 0.15) is 39.0 Å². The van der Waals surface area contributed by atoms with Crippen LogP contribution in [0, 0.1) is 0 Å². The van der Waals surface area contributed by atoms with Crippen LogP contribution in [0.2, 0.25) is 0 Å². The van der Waals surface area contributed by atoms with E-state index in [-0.39, 0.29) is 19.1 Å². The first-order valence-corrected chi connectivity index (χ1v) is 5.70. The standard InChI is InChI=1S/C11H21NO4/c1-2-3-4-5-6-11(15)12-10(7-13)8-16-9-14/h9-10,13H,2-8H2,1H3,(H,12,15). The van der Waals surface area contributed by atoms with Crippen molar-refractivity contribution in [3.05, 3.63) is 0 Å². The molecular formula is C11H21NO4. The van der Waals surface area contributed by atoms with Gasteiger partial charge in [-0.2, -0.15) is 0 Å². The SMILES string of the molecule is CCCCCCC(=O)NC(CO)COC=O. The van der Waals surface area contributed by atoms with E-state index in [1.54, 1.807) is 0 Å². The molecule has 16 heavy (non-hydrogen) atoms. The molecule has 2 N–H and O–H groups in total. The van der Waals surface area contributed by atoms with Gasteiger partial charge in [-0.1, -0.05) is 26.2 Å². The molecule has 0 rings (SSSR count). The number of unbranched alkanes of at least 4 members (excludes halogenated alkanes) is 3. The molecule has 0 aromatic rings. The zero-order valence-electron chi connectivity index (χ0n) is 9.78. The summed E-state index contributed by atoms with van der Waals surface area (Å²) < 4.78 is 4.48. The Balaban J connectivity index is 3.61. The summed E-state index contributed by atoms with van der Waals surface area (Å²) in [7, 11) is 0. The lowest BCUT2D eigenvalue weighted by Gasteiger charge is -2.14. The highest BCUT2D eigenvalue weighted by molar-refractivity contribution is 5.76. The highest BCUT2D eigenvalue weighted by atomic mass is 16.5. The largest absolute Gasteiger partial charge is 0.466 e. The van der Waals surface area contributed by atoms with Gasteiger partial charge in [0.1, 0.15) is 6.61 Å². The molecule has 0 aromatic carbocycles. The van der Waals surface area contributed by atoms with Crippen molar-refractivity contribution in [3.63, 3.8) is 0 Å². The lowest BCUT2D eigenvalue weighted by molar-refractivity contribution is -0.131. The van der Waals surface area contributed by atoms with Gasteiger partial charge in [0.15, 0.2) is 0 Å². The molecule has 0 aromatic heterocycles. The highest BCUT2D eigenvalue weighted by Gasteiger charge is 2.11. The third-order valence-electron chi connectivity index (χ3n) is 2.21. The minimum absolute atomic E-state index is 0.0146. The summed E-state index contributed by atoms with van der Waals surface area (Å²) in [6.45, 7) is 2.20. The van der Waals surface area contributed by atoms with Gasteiger partial charge < -0.3 is 15.2 Å². The minimum atomic E-state index is -0.496. The molecule has 0 aliphatic rings. The maximum Gasteiger partial charge on any atom is 0.293 e. The van der Waals surface area contributed by atoms with Crippen LogP contribution >= 0.6 is 0 Å². The third kappa shape index (κ3) is 8.23. The minimum Gasteiger partial charge on any atom is -0.466 e. The molecule has 0 spiro atoms. The van der Waals surface area contributed by atoms with E-state index in [2.05, 4.69) is 17.0 Å². The van der Waals surface area contributed by atoms with E-state index in [0.29, 0.717) is 12.9 Å². The van der Waals surface area contributed by atoms with Crippen LogP contribution in [0.5, 0.6) is 0 Å². The van der Waals surface area contributed by atoms with E-state index in [0.717, 1.165) is 25.7 Å². The van der Waals surface area contributed by atoms with E-state index in [4.69, 9.17) is 5.11 Å². The number of aliphatic hydroxyl groups is 1. The topological polar surface area (TPSA) is 75.6 Å². The molecule has 0 radical (unpaired) electrons. The van der Waals surface area contributed by atoms with Crippen molar-refractivity contribution < 1.29 is 19.4 Å². The van der Waals surface area contributed by atoms with Crippen molar-refractivity contribution in [2.24, 2.45) is 0 Å². The second-order valence-electron chi connectivity index (χ2n) is 3.69. The first-order valence-electron chi connectivity index (χ1n) is 5.70. The molecule has 0 saturated carbocycles. The van der Waals surface area contributed by atoms with Crippen LogP contribution in [-0.4, -0.2) is 36.7 Å². The molecule has 0 fully saturated rings. The summed E-state index contributed by atoms with van der Waals surface area (Å²) in [5.41, 5.74) is 0. The Morgan fingerprint density at radius 2 is 2.19 bits per heavy atom. The fourth-order valence-electron chi connectivity index (χ4n) is 1.31. The number of amides is 1. The van der Waals surface area contributed by atoms with Crippen molar-refractivity contribution in [2.45, 2.75) is 45.1 Å². The number of carbonyl (C=O) groups is 2. The van der Waals surface area contributed by atoms with Crippen molar-refractivity contribution in [1.82, 2.24) is 5.32 Å². The van der Waals surface area contributed by atoms with Gasteiger partial charge in [0.05, 0.1) is 12.6 Å². The first kappa shape index (κ1) is 14.9. The summed E-state index contributed by atoms with van der Waals surface area (Å²) in [4.78, 5) is 21.3. The lowest BCUT2D eigenvalue weighted by atomic mass is 10.1. The molecule has 1 atom stereocenters. The van der Waals surface area contributed by atoms with E-state index in [9.17, 15) is 9.59 Å². The van der Waals surface area contributed by atoms with Crippen molar-refractivity contribution >= 4 is 12.4 Å². The van der Waals surface area contributed by atoms with Crippen LogP contribution in [0.4, 0.5) is 0 Å².